The zero-order valence-corrected chi connectivity index (χ0v) is 15.2. The van der Waals surface area contributed by atoms with Crippen molar-refractivity contribution in [3.8, 4) is 11.5 Å². The molecule has 0 saturated carbocycles. The summed E-state index contributed by atoms with van der Waals surface area (Å²) in [6.07, 6.45) is -4.59. The number of hydrogen-bond donors (Lipinski definition) is 1. The fourth-order valence-electron chi connectivity index (χ4n) is 2.19. The molecule has 1 N–H and O–H groups in total. The highest BCUT2D eigenvalue weighted by molar-refractivity contribution is 6.07. The molecule has 2 aromatic rings. The standard InChI is InChI=1S/C18H17F3N2O6/c1-27-8-9-28-13-4-2-12(3-5-13)22-17(24)15-10-14(29-11-18(19,20)21)6-7-16(15)23(25)26/h2-7,10H,8-9,11H2,1H3,(H,22,24). The van der Waals surface area contributed by atoms with Gasteiger partial charge >= 0.3 is 6.18 Å². The Morgan fingerprint density at radius 3 is 2.31 bits per heavy atom. The summed E-state index contributed by atoms with van der Waals surface area (Å²) in [5.41, 5.74) is -0.693. The van der Waals surface area contributed by atoms with Crippen LogP contribution < -0.4 is 14.8 Å². The van der Waals surface area contributed by atoms with Crippen molar-refractivity contribution < 1.29 is 37.1 Å². The maximum atomic E-state index is 12.4. The second-order valence-electron chi connectivity index (χ2n) is 5.66. The van der Waals surface area contributed by atoms with Gasteiger partial charge in [-0.05, 0) is 36.4 Å². The molecule has 0 spiro atoms. The van der Waals surface area contributed by atoms with E-state index in [2.05, 4.69) is 10.1 Å². The molecule has 0 unspecified atom stereocenters. The summed E-state index contributed by atoms with van der Waals surface area (Å²) in [7, 11) is 1.53. The number of carbonyl (C=O) groups excluding carboxylic acids is 1. The highest BCUT2D eigenvalue weighted by atomic mass is 19.4. The van der Waals surface area contributed by atoms with Crippen LogP contribution in [0.1, 0.15) is 10.4 Å². The zero-order chi connectivity index (χ0) is 21.4. The minimum atomic E-state index is -4.59. The van der Waals surface area contributed by atoms with Gasteiger partial charge in [0.25, 0.3) is 11.6 Å². The topological polar surface area (TPSA) is 99.9 Å². The second-order valence-corrected chi connectivity index (χ2v) is 5.66. The van der Waals surface area contributed by atoms with Gasteiger partial charge in [-0.3, -0.25) is 14.9 Å². The van der Waals surface area contributed by atoms with Crippen molar-refractivity contribution >= 4 is 17.3 Å². The van der Waals surface area contributed by atoms with E-state index < -0.39 is 34.9 Å². The van der Waals surface area contributed by atoms with Crippen LogP contribution in [0.2, 0.25) is 0 Å². The van der Waals surface area contributed by atoms with Gasteiger partial charge in [0.1, 0.15) is 23.7 Å². The molecule has 8 nitrogen and oxygen atoms in total. The van der Waals surface area contributed by atoms with Crippen LogP contribution in [-0.4, -0.2) is 43.9 Å². The summed E-state index contributed by atoms with van der Waals surface area (Å²) in [5.74, 6) is -0.671. The van der Waals surface area contributed by atoms with Crippen LogP contribution in [0.5, 0.6) is 11.5 Å². The molecule has 2 rings (SSSR count). The molecule has 0 aliphatic heterocycles. The van der Waals surface area contributed by atoms with E-state index in [9.17, 15) is 28.1 Å². The number of nitrogens with one attached hydrogen (secondary N) is 1. The molecule has 0 heterocycles. The van der Waals surface area contributed by atoms with Crippen LogP contribution in [0.15, 0.2) is 42.5 Å². The van der Waals surface area contributed by atoms with E-state index in [-0.39, 0.29) is 5.75 Å². The number of nitro benzene ring substituents is 1. The first kappa shape index (κ1) is 22.0. The number of nitrogens with zero attached hydrogens (tertiary/aromatic N) is 1. The summed E-state index contributed by atoms with van der Waals surface area (Å²) in [6.45, 7) is -0.857. The molecule has 0 aliphatic rings. The Bertz CT molecular complexity index is 856. The zero-order valence-electron chi connectivity index (χ0n) is 15.2. The van der Waals surface area contributed by atoms with Gasteiger partial charge in [-0.2, -0.15) is 13.2 Å². The number of anilines is 1. The summed E-state index contributed by atoms with van der Waals surface area (Å²) in [5, 5.41) is 13.6. The second kappa shape index (κ2) is 9.73. The van der Waals surface area contributed by atoms with Crippen LogP contribution in [0.4, 0.5) is 24.5 Å². The first-order chi connectivity index (χ1) is 13.7. The Balaban J connectivity index is 2.14. The molecule has 11 heteroatoms. The molecule has 0 radical (unpaired) electrons. The predicted molar refractivity (Wildman–Crippen MR) is 96.4 cm³/mol. The number of halogens is 3. The lowest BCUT2D eigenvalue weighted by atomic mass is 10.1. The number of amides is 1. The first-order valence-corrected chi connectivity index (χ1v) is 8.21. The highest BCUT2D eigenvalue weighted by Gasteiger charge is 2.29. The fourth-order valence-corrected chi connectivity index (χ4v) is 2.19. The third-order valence-corrected chi connectivity index (χ3v) is 3.48. The number of alkyl halides is 3. The van der Waals surface area contributed by atoms with Crippen molar-refractivity contribution in [1.29, 1.82) is 0 Å². The Morgan fingerprint density at radius 2 is 1.72 bits per heavy atom. The third kappa shape index (κ3) is 6.96. The number of benzene rings is 2. The number of methoxy groups -OCH3 is 1. The molecule has 0 aliphatic carbocycles. The minimum Gasteiger partial charge on any atom is -0.491 e. The fraction of sp³-hybridized carbons (Fsp3) is 0.278. The molecule has 29 heavy (non-hydrogen) atoms. The van der Waals surface area contributed by atoms with Crippen LogP contribution >= 0.6 is 0 Å². The van der Waals surface area contributed by atoms with E-state index in [1.807, 2.05) is 0 Å². The van der Waals surface area contributed by atoms with Gasteiger partial charge in [-0.1, -0.05) is 0 Å². The van der Waals surface area contributed by atoms with Gasteiger partial charge in [-0.25, -0.2) is 0 Å². The quantitative estimate of drug-likeness (QED) is 0.381. The first-order valence-electron chi connectivity index (χ1n) is 8.21. The molecule has 0 saturated heterocycles. The van der Waals surface area contributed by atoms with Crippen molar-refractivity contribution in [2.45, 2.75) is 6.18 Å². The molecule has 0 atom stereocenters. The molecule has 0 aromatic heterocycles. The molecular weight excluding hydrogens is 397 g/mol. The number of ether oxygens (including phenoxy) is 3. The number of carbonyl (C=O) groups is 1. The maximum absolute atomic E-state index is 12.4. The molecule has 0 bridgehead atoms. The minimum absolute atomic E-state index is 0.310. The molecule has 0 fully saturated rings. The molecule has 156 valence electrons. The van der Waals surface area contributed by atoms with E-state index in [0.717, 1.165) is 18.2 Å². The Morgan fingerprint density at radius 1 is 1.07 bits per heavy atom. The van der Waals surface area contributed by atoms with Crippen LogP contribution in [0, 0.1) is 10.1 Å². The van der Waals surface area contributed by atoms with E-state index in [1.165, 1.54) is 19.2 Å². The number of rotatable bonds is 9. The van der Waals surface area contributed by atoms with Gasteiger partial charge in [-0.15, -0.1) is 0 Å². The van der Waals surface area contributed by atoms with Gasteiger partial charge in [0.2, 0.25) is 0 Å². The number of hydrogen-bond acceptors (Lipinski definition) is 6. The Labute approximate surface area is 163 Å². The Kier molecular flexibility index (Phi) is 7.37. The lowest BCUT2D eigenvalue weighted by molar-refractivity contribution is -0.385. The van der Waals surface area contributed by atoms with Crippen molar-refractivity contribution in [1.82, 2.24) is 0 Å². The smallest absolute Gasteiger partial charge is 0.422 e. The SMILES string of the molecule is COCCOc1ccc(NC(=O)c2cc(OCC(F)(F)F)ccc2[N+](=O)[O-])cc1. The summed E-state index contributed by atoms with van der Waals surface area (Å²) in [4.78, 5) is 22.8. The average molecular weight is 414 g/mol. The van der Waals surface area contributed by atoms with Crippen molar-refractivity contribution in [3.63, 3.8) is 0 Å². The third-order valence-electron chi connectivity index (χ3n) is 3.48. The van der Waals surface area contributed by atoms with Crippen molar-refractivity contribution in [2.75, 3.05) is 32.2 Å². The summed E-state index contributed by atoms with van der Waals surface area (Å²) in [6, 6.07) is 8.96. The summed E-state index contributed by atoms with van der Waals surface area (Å²) >= 11 is 0. The van der Waals surface area contributed by atoms with Crippen molar-refractivity contribution in [3.05, 3.63) is 58.1 Å². The predicted octanol–water partition coefficient (Wildman–Crippen LogP) is 3.81. The number of nitro groups is 1. The van der Waals surface area contributed by atoms with Crippen LogP contribution in [0.25, 0.3) is 0 Å². The highest BCUT2D eigenvalue weighted by Crippen LogP contribution is 2.27. The van der Waals surface area contributed by atoms with E-state index in [1.54, 1.807) is 12.1 Å². The van der Waals surface area contributed by atoms with Crippen LogP contribution in [-0.2, 0) is 4.74 Å². The van der Waals surface area contributed by atoms with E-state index in [4.69, 9.17) is 9.47 Å². The van der Waals surface area contributed by atoms with Gasteiger partial charge < -0.3 is 19.5 Å². The lowest BCUT2D eigenvalue weighted by Gasteiger charge is -2.11. The molecular formula is C18H17F3N2O6. The van der Waals surface area contributed by atoms with Gasteiger partial charge in [0.15, 0.2) is 6.61 Å². The van der Waals surface area contributed by atoms with Crippen molar-refractivity contribution in [2.24, 2.45) is 0 Å². The monoisotopic (exact) mass is 414 g/mol. The molecule has 1 amide bonds. The lowest BCUT2D eigenvalue weighted by Crippen LogP contribution is -2.20. The normalized spacial score (nSPS) is 11.0. The van der Waals surface area contributed by atoms with Crippen LogP contribution in [0.3, 0.4) is 0 Å². The Hall–Kier alpha value is -3.34. The van der Waals surface area contributed by atoms with E-state index >= 15 is 0 Å². The van der Waals surface area contributed by atoms with Gasteiger partial charge in [0, 0.05) is 18.9 Å². The van der Waals surface area contributed by atoms with Gasteiger partial charge in [0.05, 0.1) is 11.5 Å². The molecule has 2 aromatic carbocycles. The largest absolute Gasteiger partial charge is 0.491 e. The summed E-state index contributed by atoms with van der Waals surface area (Å²) < 4.78 is 51.7. The van der Waals surface area contributed by atoms with E-state index in [0.29, 0.717) is 24.7 Å². The maximum Gasteiger partial charge on any atom is 0.422 e. The average Bonchev–Trinajstić information content (AvgIpc) is 2.67.